The second kappa shape index (κ2) is 7.61. The van der Waals surface area contributed by atoms with Gasteiger partial charge in [0.25, 0.3) is 5.91 Å². The first-order valence-electron chi connectivity index (χ1n) is 9.15. The van der Waals surface area contributed by atoms with Crippen LogP contribution in [0, 0.1) is 0 Å². The first kappa shape index (κ1) is 19.6. The molecule has 3 aromatic rings. The minimum Gasteiger partial charge on any atom is -0.354 e. The molecule has 1 aromatic heterocycles. The molecule has 1 N–H and O–H groups in total. The molecule has 2 heterocycles. The number of benzene rings is 2. The molecule has 4 rings (SSSR count). The Morgan fingerprint density at radius 1 is 1.07 bits per heavy atom. The van der Waals surface area contributed by atoms with Crippen LogP contribution < -0.4 is 10.2 Å². The second-order valence-corrected chi connectivity index (χ2v) is 9.34. The van der Waals surface area contributed by atoms with Gasteiger partial charge in [0.05, 0.1) is 21.0 Å². The van der Waals surface area contributed by atoms with Gasteiger partial charge in [0.2, 0.25) is 0 Å². The third kappa shape index (κ3) is 4.04. The number of amides is 1. The smallest absolute Gasteiger partial charge is 0.256 e. The predicted molar refractivity (Wildman–Crippen MR) is 114 cm³/mol. The van der Waals surface area contributed by atoms with Crippen molar-refractivity contribution in [3.8, 4) is 0 Å². The number of hydrogen-bond acceptors (Lipinski definition) is 6. The molecule has 7 nitrogen and oxygen atoms in total. The molecule has 150 valence electrons. The number of para-hydroxylation sites is 2. The predicted octanol–water partition coefficient (Wildman–Crippen LogP) is 3.54. The summed E-state index contributed by atoms with van der Waals surface area (Å²) in [5.74, 6) is 0.495. The summed E-state index contributed by atoms with van der Waals surface area (Å²) in [5, 5.41) is 2.88. The molecule has 0 radical (unpaired) electrons. The molecule has 1 saturated heterocycles. The molecule has 9 heteroatoms. The molecule has 0 saturated carbocycles. The maximum atomic E-state index is 12.9. The molecule has 1 aliphatic rings. The van der Waals surface area contributed by atoms with Crippen molar-refractivity contribution in [3.05, 3.63) is 53.1 Å². The summed E-state index contributed by atoms with van der Waals surface area (Å²) < 4.78 is 23.8. The van der Waals surface area contributed by atoms with Crippen LogP contribution in [0.5, 0.6) is 0 Å². The van der Waals surface area contributed by atoms with Crippen molar-refractivity contribution in [2.45, 2.75) is 17.7 Å². The molecule has 0 atom stereocenters. The number of nitrogens with one attached hydrogen (secondary N) is 1. The number of anilines is 2. The number of sulfone groups is 1. The molecule has 1 fully saturated rings. The van der Waals surface area contributed by atoms with E-state index in [9.17, 15) is 13.2 Å². The third-order valence-electron chi connectivity index (χ3n) is 4.78. The number of halogens is 1. The molecular formula is C20H19ClN4O3S. The zero-order chi connectivity index (χ0) is 20.6. The fourth-order valence-electron chi connectivity index (χ4n) is 3.33. The van der Waals surface area contributed by atoms with E-state index in [4.69, 9.17) is 16.6 Å². The Balaban J connectivity index is 1.73. The summed E-state index contributed by atoms with van der Waals surface area (Å²) >= 11 is 5.98. The number of rotatable bonds is 4. The van der Waals surface area contributed by atoms with E-state index in [1.807, 2.05) is 24.3 Å². The van der Waals surface area contributed by atoms with Crippen LogP contribution in [0.3, 0.4) is 0 Å². The van der Waals surface area contributed by atoms with Gasteiger partial charge in [-0.05, 0) is 43.2 Å². The molecule has 0 spiro atoms. The minimum absolute atomic E-state index is 0.0762. The van der Waals surface area contributed by atoms with Gasteiger partial charge in [-0.25, -0.2) is 18.4 Å². The fraction of sp³-hybridized carbons (Fsp3) is 0.250. The second-order valence-electron chi connectivity index (χ2n) is 6.95. The molecular weight excluding hydrogens is 412 g/mol. The van der Waals surface area contributed by atoms with Gasteiger partial charge in [0.15, 0.2) is 21.5 Å². The van der Waals surface area contributed by atoms with E-state index in [1.54, 1.807) is 0 Å². The number of carbonyl (C=O) groups is 1. The van der Waals surface area contributed by atoms with Gasteiger partial charge in [-0.15, -0.1) is 0 Å². The topological polar surface area (TPSA) is 92.3 Å². The molecule has 2 aromatic carbocycles. The lowest BCUT2D eigenvalue weighted by Gasteiger charge is -2.20. The van der Waals surface area contributed by atoms with Crippen LogP contribution in [0.1, 0.15) is 23.2 Å². The molecule has 1 aliphatic heterocycles. The van der Waals surface area contributed by atoms with Gasteiger partial charge < -0.3 is 10.2 Å². The zero-order valence-corrected chi connectivity index (χ0v) is 17.3. The van der Waals surface area contributed by atoms with E-state index in [1.165, 1.54) is 18.2 Å². The molecule has 1 amide bonds. The van der Waals surface area contributed by atoms with Crippen molar-refractivity contribution in [3.63, 3.8) is 0 Å². The highest BCUT2D eigenvalue weighted by atomic mass is 35.5. The van der Waals surface area contributed by atoms with Crippen LogP contribution in [-0.4, -0.2) is 43.6 Å². The minimum atomic E-state index is -3.56. The lowest BCUT2D eigenvalue weighted by atomic mass is 10.2. The first-order chi connectivity index (χ1) is 13.8. The summed E-state index contributed by atoms with van der Waals surface area (Å²) in [5.41, 5.74) is 1.59. The maximum Gasteiger partial charge on any atom is 0.256 e. The molecule has 29 heavy (non-hydrogen) atoms. The van der Waals surface area contributed by atoms with E-state index in [0.29, 0.717) is 17.2 Å². The van der Waals surface area contributed by atoms with Gasteiger partial charge >= 0.3 is 0 Å². The Bertz CT molecular complexity index is 1210. The summed E-state index contributed by atoms with van der Waals surface area (Å²) in [7, 11) is -3.56. The largest absolute Gasteiger partial charge is 0.354 e. The van der Waals surface area contributed by atoms with Gasteiger partial charge in [-0.3, -0.25) is 4.79 Å². The summed E-state index contributed by atoms with van der Waals surface area (Å²) in [6.07, 6.45) is 3.16. The zero-order valence-electron chi connectivity index (χ0n) is 15.7. The van der Waals surface area contributed by atoms with Crippen LogP contribution in [0.4, 0.5) is 11.6 Å². The van der Waals surface area contributed by atoms with Crippen LogP contribution in [0.15, 0.2) is 47.4 Å². The standard InChI is InChI=1S/C20H19ClN4O3S/c1-29(27,28)17-12-13(8-9-14(17)21)20(26)24-18-19(25-10-4-5-11-25)23-16-7-3-2-6-15(16)22-18/h2-3,6-9,12H,4-5,10-11H2,1H3,(H,22,24,26). The van der Waals surface area contributed by atoms with Crippen molar-refractivity contribution < 1.29 is 13.2 Å². The highest BCUT2D eigenvalue weighted by Crippen LogP contribution is 2.29. The van der Waals surface area contributed by atoms with Crippen LogP contribution >= 0.6 is 11.6 Å². The summed E-state index contributed by atoms with van der Waals surface area (Å²) in [6, 6.07) is 11.6. The monoisotopic (exact) mass is 430 g/mol. The van der Waals surface area contributed by atoms with Crippen molar-refractivity contribution in [2.24, 2.45) is 0 Å². The highest BCUT2D eigenvalue weighted by molar-refractivity contribution is 7.90. The third-order valence-corrected chi connectivity index (χ3v) is 6.36. The molecule has 0 aliphatic carbocycles. The van der Waals surface area contributed by atoms with Gasteiger partial charge in [0, 0.05) is 24.9 Å². The SMILES string of the molecule is CS(=O)(=O)c1cc(C(=O)Nc2nc3ccccc3nc2N2CCCC2)ccc1Cl. The number of aromatic nitrogens is 2. The number of hydrogen-bond donors (Lipinski definition) is 1. The van der Waals surface area contributed by atoms with E-state index in [0.717, 1.165) is 37.7 Å². The lowest BCUT2D eigenvalue weighted by molar-refractivity contribution is 0.102. The Morgan fingerprint density at radius 3 is 2.38 bits per heavy atom. The number of carbonyl (C=O) groups excluding carboxylic acids is 1. The first-order valence-corrected chi connectivity index (χ1v) is 11.4. The van der Waals surface area contributed by atoms with Crippen LogP contribution in [0.2, 0.25) is 5.02 Å². The Kier molecular flexibility index (Phi) is 5.14. The Labute approximate surface area is 173 Å². The Hall–Kier alpha value is -2.71. The average Bonchev–Trinajstić information content (AvgIpc) is 3.21. The van der Waals surface area contributed by atoms with Crippen LogP contribution in [-0.2, 0) is 9.84 Å². The number of fused-ring (bicyclic) bond motifs is 1. The van der Waals surface area contributed by atoms with E-state index in [-0.39, 0.29) is 15.5 Å². The van der Waals surface area contributed by atoms with Crippen molar-refractivity contribution in [2.75, 3.05) is 29.6 Å². The average molecular weight is 431 g/mol. The quantitative estimate of drug-likeness (QED) is 0.680. The Morgan fingerprint density at radius 2 is 1.72 bits per heavy atom. The highest BCUT2D eigenvalue weighted by Gasteiger charge is 2.22. The van der Waals surface area contributed by atoms with Crippen molar-refractivity contribution in [1.29, 1.82) is 0 Å². The number of nitrogens with zero attached hydrogens (tertiary/aromatic N) is 3. The maximum absolute atomic E-state index is 12.9. The van der Waals surface area contributed by atoms with E-state index >= 15 is 0 Å². The lowest BCUT2D eigenvalue weighted by Crippen LogP contribution is -2.23. The summed E-state index contributed by atoms with van der Waals surface area (Å²) in [6.45, 7) is 1.68. The molecule has 0 bridgehead atoms. The van der Waals surface area contributed by atoms with Gasteiger partial charge in [-0.2, -0.15) is 0 Å². The molecule has 0 unspecified atom stereocenters. The summed E-state index contributed by atoms with van der Waals surface area (Å²) in [4.78, 5) is 24.2. The van der Waals surface area contributed by atoms with Crippen LogP contribution in [0.25, 0.3) is 11.0 Å². The van der Waals surface area contributed by atoms with Gasteiger partial charge in [-0.1, -0.05) is 23.7 Å². The normalized spacial score (nSPS) is 14.3. The fourth-order valence-corrected chi connectivity index (χ4v) is 4.63. The van der Waals surface area contributed by atoms with E-state index < -0.39 is 15.7 Å². The van der Waals surface area contributed by atoms with Crippen molar-refractivity contribution in [1.82, 2.24) is 9.97 Å². The van der Waals surface area contributed by atoms with Crippen molar-refractivity contribution >= 4 is 50.0 Å². The van der Waals surface area contributed by atoms with Gasteiger partial charge in [0.1, 0.15) is 0 Å². The van der Waals surface area contributed by atoms with E-state index in [2.05, 4.69) is 15.2 Å².